The molecule has 0 saturated heterocycles. The molecule has 0 fully saturated rings. The van der Waals surface area contributed by atoms with E-state index in [1.54, 1.807) is 0 Å². The summed E-state index contributed by atoms with van der Waals surface area (Å²) in [6.07, 6.45) is 1.09. The Balaban J connectivity index is 1.85. The highest BCUT2D eigenvalue weighted by Crippen LogP contribution is 2.30. The molecule has 35 heavy (non-hydrogen) atoms. The predicted molar refractivity (Wildman–Crippen MR) is 135 cm³/mol. The van der Waals surface area contributed by atoms with E-state index in [2.05, 4.69) is 30.1 Å². The van der Waals surface area contributed by atoms with E-state index in [4.69, 9.17) is 4.74 Å². The standard InChI is InChI=1S/C26H34N4O5/c1-5-28(6-2)23-14-12-22(13-15-23)27-25(31)30(4,26(32)35-18-19(3)29(33)34)24-16-11-20-9-7-8-10-21(20)17-24/h7-10,12-15,19,24H,5-6,11,16-18H2,1-4H3/p+1. The quantitative estimate of drug-likeness (QED) is 0.326. The van der Waals surface area contributed by atoms with Crippen molar-refractivity contribution >= 4 is 23.5 Å². The van der Waals surface area contributed by atoms with Gasteiger partial charge < -0.3 is 9.64 Å². The number of imide groups is 1. The number of benzene rings is 2. The number of nitrogens with one attached hydrogen (secondary N) is 1. The van der Waals surface area contributed by atoms with E-state index in [0.29, 0.717) is 18.5 Å². The SMILES string of the molecule is CCN(CC)c1ccc(NC(=O)[N+](C)(C(=O)OCC(C)[N+](=O)[O-])C2CCc3ccccc3C2)cc1. The van der Waals surface area contributed by atoms with Crippen LogP contribution in [0, 0.1) is 10.1 Å². The molecule has 0 aliphatic heterocycles. The lowest BCUT2D eigenvalue weighted by Crippen LogP contribution is -2.63. The summed E-state index contributed by atoms with van der Waals surface area (Å²) in [5.74, 6) is 0. The van der Waals surface area contributed by atoms with Gasteiger partial charge in [-0.05, 0) is 55.7 Å². The van der Waals surface area contributed by atoms with Crippen molar-refractivity contribution in [3.8, 4) is 0 Å². The summed E-state index contributed by atoms with van der Waals surface area (Å²) in [5, 5.41) is 13.9. The molecular formula is C26H35N4O5+. The van der Waals surface area contributed by atoms with Crippen LogP contribution in [-0.4, -0.2) is 60.4 Å². The van der Waals surface area contributed by atoms with Crippen LogP contribution in [-0.2, 0) is 17.6 Å². The van der Waals surface area contributed by atoms with Crippen molar-refractivity contribution in [3.63, 3.8) is 0 Å². The van der Waals surface area contributed by atoms with Crippen molar-refractivity contribution in [3.05, 3.63) is 69.8 Å². The zero-order valence-corrected chi connectivity index (χ0v) is 20.9. The molecule has 9 heteroatoms. The van der Waals surface area contributed by atoms with Gasteiger partial charge in [0.05, 0.1) is 7.05 Å². The number of aryl methyl sites for hydroxylation is 1. The maximum Gasteiger partial charge on any atom is 0.525 e. The molecule has 1 aliphatic rings. The average molecular weight is 484 g/mol. The minimum absolute atomic E-state index is 0.363. The van der Waals surface area contributed by atoms with Crippen molar-refractivity contribution in [1.82, 2.24) is 0 Å². The average Bonchev–Trinajstić information content (AvgIpc) is 2.87. The number of urea groups is 1. The maximum atomic E-state index is 13.6. The molecule has 0 bridgehead atoms. The molecule has 0 radical (unpaired) electrons. The summed E-state index contributed by atoms with van der Waals surface area (Å²) in [7, 11) is 1.54. The molecule has 3 amide bonds. The first-order valence-electron chi connectivity index (χ1n) is 12.1. The lowest BCUT2D eigenvalue weighted by molar-refractivity contribution is -0.782. The summed E-state index contributed by atoms with van der Waals surface area (Å²) >= 11 is 0. The van der Waals surface area contributed by atoms with E-state index in [-0.39, 0.29) is 6.04 Å². The number of likely N-dealkylation sites (N-methyl/N-ethyl adjacent to an activating group) is 1. The number of fused-ring (bicyclic) bond motifs is 1. The van der Waals surface area contributed by atoms with Crippen LogP contribution in [0.3, 0.4) is 0 Å². The molecule has 3 atom stereocenters. The lowest BCUT2D eigenvalue weighted by atomic mass is 9.87. The van der Waals surface area contributed by atoms with E-state index in [1.165, 1.54) is 19.5 Å². The zero-order chi connectivity index (χ0) is 25.6. The Hall–Kier alpha value is -3.46. The number of nitro groups is 1. The molecule has 3 unspecified atom stereocenters. The van der Waals surface area contributed by atoms with E-state index < -0.39 is 34.2 Å². The van der Waals surface area contributed by atoms with E-state index in [0.717, 1.165) is 30.8 Å². The third-order valence-corrected chi connectivity index (χ3v) is 6.91. The molecule has 188 valence electrons. The maximum absolute atomic E-state index is 13.6. The normalized spacial score (nSPS) is 17.4. The van der Waals surface area contributed by atoms with Gasteiger partial charge in [-0.2, -0.15) is 4.79 Å². The molecule has 0 aromatic heterocycles. The third-order valence-electron chi connectivity index (χ3n) is 6.91. The smallest absolute Gasteiger partial charge is 0.412 e. The number of rotatable bonds is 8. The fraction of sp³-hybridized carbons (Fsp3) is 0.462. The Morgan fingerprint density at radius 2 is 1.77 bits per heavy atom. The molecule has 3 rings (SSSR count). The number of nitrogens with zero attached hydrogens (tertiary/aromatic N) is 3. The van der Waals surface area contributed by atoms with Gasteiger partial charge in [0, 0.05) is 49.2 Å². The molecule has 1 aliphatic carbocycles. The Labute approximate surface area is 206 Å². The fourth-order valence-electron chi connectivity index (χ4n) is 4.49. The van der Waals surface area contributed by atoms with Crippen molar-refractivity contribution in [2.75, 3.05) is 37.0 Å². The lowest BCUT2D eigenvalue weighted by Gasteiger charge is -2.37. The monoisotopic (exact) mass is 483 g/mol. The second kappa shape index (κ2) is 11.3. The highest BCUT2D eigenvalue weighted by molar-refractivity contribution is 5.90. The zero-order valence-electron chi connectivity index (χ0n) is 20.9. The van der Waals surface area contributed by atoms with Crippen molar-refractivity contribution in [2.24, 2.45) is 0 Å². The van der Waals surface area contributed by atoms with Crippen LogP contribution >= 0.6 is 0 Å². The first kappa shape index (κ1) is 26.2. The topological polar surface area (TPSA) is 102 Å². The van der Waals surface area contributed by atoms with Crippen molar-refractivity contribution in [1.29, 1.82) is 0 Å². The molecular weight excluding hydrogens is 448 g/mol. The molecule has 0 spiro atoms. The van der Waals surface area contributed by atoms with Crippen molar-refractivity contribution < 1.29 is 23.7 Å². The van der Waals surface area contributed by atoms with Crippen LogP contribution in [0.25, 0.3) is 0 Å². The van der Waals surface area contributed by atoms with Gasteiger partial charge in [0.1, 0.15) is 6.04 Å². The number of quaternary nitrogens is 1. The summed E-state index contributed by atoms with van der Waals surface area (Å²) in [4.78, 5) is 39.6. The number of carbonyl (C=O) groups excluding carboxylic acids is 2. The van der Waals surface area contributed by atoms with Gasteiger partial charge in [-0.25, -0.2) is 4.79 Å². The Kier molecular flexibility index (Phi) is 8.45. The summed E-state index contributed by atoms with van der Waals surface area (Å²) in [6.45, 7) is 6.87. The molecule has 1 N–H and O–H groups in total. The fourth-order valence-corrected chi connectivity index (χ4v) is 4.49. The highest BCUT2D eigenvalue weighted by atomic mass is 16.6. The number of amides is 3. The largest absolute Gasteiger partial charge is 0.525 e. The second-order valence-corrected chi connectivity index (χ2v) is 9.10. The van der Waals surface area contributed by atoms with Gasteiger partial charge in [0.2, 0.25) is 6.04 Å². The van der Waals surface area contributed by atoms with Crippen LogP contribution in [0.2, 0.25) is 0 Å². The first-order valence-corrected chi connectivity index (χ1v) is 12.1. The van der Waals surface area contributed by atoms with Gasteiger partial charge in [0.25, 0.3) is 0 Å². The van der Waals surface area contributed by atoms with Crippen LogP contribution in [0.1, 0.15) is 38.3 Å². The number of hydrogen-bond acceptors (Lipinski definition) is 6. The summed E-state index contributed by atoms with van der Waals surface area (Å²) < 4.78 is 4.69. The number of carbonyl (C=O) groups is 2. The Bertz CT molecular complexity index is 1050. The van der Waals surface area contributed by atoms with Crippen LogP contribution in [0.4, 0.5) is 21.0 Å². The number of hydrogen-bond donors (Lipinski definition) is 1. The van der Waals surface area contributed by atoms with Crippen LogP contribution in [0.15, 0.2) is 48.5 Å². The first-order chi connectivity index (χ1) is 16.7. The Morgan fingerprint density at radius 3 is 2.37 bits per heavy atom. The van der Waals surface area contributed by atoms with E-state index >= 15 is 0 Å². The van der Waals surface area contributed by atoms with Gasteiger partial charge in [-0.15, -0.1) is 4.48 Å². The molecule has 0 saturated carbocycles. The van der Waals surface area contributed by atoms with Gasteiger partial charge in [-0.3, -0.25) is 15.4 Å². The van der Waals surface area contributed by atoms with Crippen molar-refractivity contribution in [2.45, 2.75) is 52.1 Å². The van der Waals surface area contributed by atoms with Crippen LogP contribution < -0.4 is 10.2 Å². The minimum Gasteiger partial charge on any atom is -0.412 e. The number of ether oxygens (including phenoxy) is 1. The molecule has 0 heterocycles. The second-order valence-electron chi connectivity index (χ2n) is 9.10. The predicted octanol–water partition coefficient (Wildman–Crippen LogP) is 4.87. The summed E-state index contributed by atoms with van der Waals surface area (Å²) in [5.41, 5.74) is 3.91. The Morgan fingerprint density at radius 1 is 1.14 bits per heavy atom. The van der Waals surface area contributed by atoms with Crippen LogP contribution in [0.5, 0.6) is 0 Å². The summed E-state index contributed by atoms with van der Waals surface area (Å²) in [6, 6.07) is 13.5. The van der Waals surface area contributed by atoms with Gasteiger partial charge in [0.15, 0.2) is 6.61 Å². The molecule has 2 aromatic carbocycles. The van der Waals surface area contributed by atoms with E-state index in [9.17, 15) is 19.7 Å². The number of anilines is 2. The van der Waals surface area contributed by atoms with Gasteiger partial charge in [-0.1, -0.05) is 24.3 Å². The minimum atomic E-state index is -1.06. The molecule has 2 aromatic rings. The van der Waals surface area contributed by atoms with E-state index in [1.807, 2.05) is 42.5 Å². The van der Waals surface area contributed by atoms with Gasteiger partial charge >= 0.3 is 12.1 Å². The molecule has 9 nitrogen and oxygen atoms in total. The highest BCUT2D eigenvalue weighted by Gasteiger charge is 2.50. The third kappa shape index (κ3) is 5.79.